The van der Waals surface area contributed by atoms with Crippen molar-refractivity contribution in [3.05, 3.63) is 147 Å². The molecule has 0 spiro atoms. The summed E-state index contributed by atoms with van der Waals surface area (Å²) >= 11 is 0. The van der Waals surface area contributed by atoms with Gasteiger partial charge in [0.25, 0.3) is 11.1 Å². The number of ketones is 3. The number of benzene rings is 4. The first-order valence-electron chi connectivity index (χ1n) is 19.0. The van der Waals surface area contributed by atoms with Crippen LogP contribution in [0.25, 0.3) is 22.5 Å². The zero-order valence-electron chi connectivity index (χ0n) is 33.7. The van der Waals surface area contributed by atoms with Gasteiger partial charge in [-0.1, -0.05) is 60.7 Å². The molecule has 2 aromatic heterocycles. The predicted molar refractivity (Wildman–Crippen MR) is 231 cm³/mol. The molecule has 0 aliphatic rings. The van der Waals surface area contributed by atoms with E-state index in [0.29, 0.717) is 52.5 Å². The maximum Gasteiger partial charge on any atom is 0.303 e. The Bertz CT molecular complexity index is 2830. The molecule has 2 heterocycles. The van der Waals surface area contributed by atoms with E-state index in [4.69, 9.17) is 10.2 Å². The number of nitrogens with zero attached hydrogens (tertiary/aromatic N) is 4. The molecule has 0 radical (unpaired) electrons. The fourth-order valence-electron chi connectivity index (χ4n) is 6.20. The van der Waals surface area contributed by atoms with Crippen LogP contribution in [0.3, 0.4) is 0 Å². The molecular weight excluding hydrogens is 803 g/mol. The van der Waals surface area contributed by atoms with E-state index in [1.54, 1.807) is 38.1 Å². The number of hydrogen-bond donors (Lipinski definition) is 4. The number of rotatable bonds is 15. The van der Waals surface area contributed by atoms with Crippen LogP contribution in [-0.4, -0.2) is 56.4 Å². The first-order valence-corrected chi connectivity index (χ1v) is 20.5. The van der Waals surface area contributed by atoms with Gasteiger partial charge < -0.3 is 15.7 Å². The number of carbonyl (C=O) groups is 4. The predicted octanol–water partition coefficient (Wildman–Crippen LogP) is 6.45. The monoisotopic (exact) mass is 845 g/mol. The number of primary sulfonamides is 1. The van der Waals surface area contributed by atoms with E-state index in [-0.39, 0.29) is 57.6 Å². The van der Waals surface area contributed by atoms with Crippen LogP contribution in [-0.2, 0) is 27.9 Å². The number of sulfonamides is 1. The number of carboxylic acid groups (broad SMARTS) is 1. The van der Waals surface area contributed by atoms with Crippen molar-refractivity contribution < 1.29 is 32.7 Å². The Morgan fingerprint density at radius 3 is 1.36 bits per heavy atom. The molecule has 0 saturated carbocycles. The lowest BCUT2D eigenvalue weighted by Gasteiger charge is -2.16. The van der Waals surface area contributed by atoms with E-state index in [2.05, 4.69) is 20.8 Å². The van der Waals surface area contributed by atoms with Crippen LogP contribution in [0.1, 0.15) is 71.6 Å². The Labute approximate surface area is 350 Å². The van der Waals surface area contributed by atoms with Crippen LogP contribution in [0.15, 0.2) is 124 Å². The van der Waals surface area contributed by atoms with Gasteiger partial charge in [0.15, 0.2) is 17.3 Å². The van der Waals surface area contributed by atoms with Crippen molar-refractivity contribution >= 4 is 56.1 Å². The Kier molecular flexibility index (Phi) is 14.4. The summed E-state index contributed by atoms with van der Waals surface area (Å²) in [7, 11) is -3.83. The van der Waals surface area contributed by atoms with E-state index in [0.717, 1.165) is 0 Å². The molecule has 0 fully saturated rings. The number of hydrogen-bond acceptors (Lipinski definition) is 12. The van der Waals surface area contributed by atoms with Crippen molar-refractivity contribution in [1.82, 2.24) is 19.6 Å². The molecule has 314 valence electrons. The first-order chi connectivity index (χ1) is 29.0. The molecule has 6 aromatic rings. The minimum atomic E-state index is -3.83. The number of aromatic nitrogens is 4. The van der Waals surface area contributed by atoms with Crippen LogP contribution < -0.4 is 26.9 Å². The number of nitrogens with one attached hydrogen (secondary N) is 2. The lowest BCUT2D eigenvalue weighted by Crippen LogP contribution is -2.28. The lowest BCUT2D eigenvalue weighted by molar-refractivity contribution is -0.136. The van der Waals surface area contributed by atoms with Gasteiger partial charge in [-0.3, -0.25) is 28.8 Å². The van der Waals surface area contributed by atoms with Crippen molar-refractivity contribution in [2.24, 2.45) is 5.14 Å². The average molecular weight is 846 g/mol. The number of anilines is 4. The number of aryl methyl sites for hydroxylation is 2. The van der Waals surface area contributed by atoms with E-state index in [1.165, 1.54) is 47.5 Å². The van der Waals surface area contributed by atoms with Crippen LogP contribution in [0.4, 0.5) is 22.7 Å². The van der Waals surface area contributed by atoms with Crippen molar-refractivity contribution in [3.63, 3.8) is 0 Å². The molecule has 0 unspecified atom stereocenters. The summed E-state index contributed by atoms with van der Waals surface area (Å²) in [5.74, 6) is -1.94. The average Bonchev–Trinajstić information content (AvgIpc) is 3.24. The maximum absolute atomic E-state index is 13.0. The largest absolute Gasteiger partial charge is 0.481 e. The molecular formula is C44H43N7O9S. The summed E-state index contributed by atoms with van der Waals surface area (Å²) in [5.41, 5.74) is 3.18. The SMILES string of the molecule is CCn1nc(-c2ccccc2)c(C(C)=O)c(Nc2ccc(C(=O)CCC(=O)O)cc2)c1=O.CCn1nc(-c2ccccc2)c(C(C)=O)c(Nc2ccc(S(N)(=O)=O)cc2)c1=O. The number of aliphatic carboxylic acids is 1. The van der Waals surface area contributed by atoms with Gasteiger partial charge in [-0.2, -0.15) is 10.2 Å². The van der Waals surface area contributed by atoms with E-state index >= 15 is 0 Å². The molecule has 0 bridgehead atoms. The third-order valence-corrected chi connectivity index (χ3v) is 10.1. The Morgan fingerprint density at radius 1 is 0.623 bits per heavy atom. The first kappa shape index (κ1) is 44.7. The zero-order chi connectivity index (χ0) is 44.4. The van der Waals surface area contributed by atoms with E-state index in [9.17, 15) is 37.2 Å². The van der Waals surface area contributed by atoms with Crippen LogP contribution in [0.2, 0.25) is 0 Å². The summed E-state index contributed by atoms with van der Waals surface area (Å²) in [6, 6.07) is 30.2. The lowest BCUT2D eigenvalue weighted by atomic mass is 10.0. The smallest absolute Gasteiger partial charge is 0.303 e. The second-order valence-electron chi connectivity index (χ2n) is 13.5. The van der Waals surface area contributed by atoms with Gasteiger partial charge in [0, 0.05) is 47.6 Å². The van der Waals surface area contributed by atoms with Crippen molar-refractivity contribution in [1.29, 1.82) is 0 Å². The van der Waals surface area contributed by atoms with E-state index in [1.807, 2.05) is 60.7 Å². The quantitative estimate of drug-likeness (QED) is 0.0814. The molecule has 0 atom stereocenters. The van der Waals surface area contributed by atoms with Crippen molar-refractivity contribution in [2.45, 2.75) is 58.5 Å². The number of carboxylic acids is 1. The van der Waals surface area contributed by atoms with Gasteiger partial charge in [-0.25, -0.2) is 22.9 Å². The highest BCUT2D eigenvalue weighted by molar-refractivity contribution is 7.89. The van der Waals surface area contributed by atoms with Crippen LogP contribution in [0, 0.1) is 0 Å². The second-order valence-corrected chi connectivity index (χ2v) is 15.1. The molecule has 6 rings (SSSR count). The minimum absolute atomic E-state index is 0.0551. The highest BCUT2D eigenvalue weighted by Gasteiger charge is 2.24. The van der Waals surface area contributed by atoms with Crippen molar-refractivity contribution in [2.75, 3.05) is 10.6 Å². The topological polar surface area (TPSA) is 243 Å². The highest BCUT2D eigenvalue weighted by atomic mass is 32.2. The molecule has 0 amide bonds. The maximum atomic E-state index is 13.0. The standard InChI is InChI=1S/C24H23N3O5.C20H20N4O4S/c1-3-27-24(32)23(21(15(2)28)22(26-27)17-7-5-4-6-8-17)25-18-11-9-16(10-12-18)19(29)13-14-20(30)31;1-3-24-20(26)19(22-15-9-11-16(12-10-15)29(21,27)28)17(13(2)25)18(23-24)14-7-5-4-6-8-14/h4-12,25H,3,13-14H2,1-2H3,(H,30,31);4-12,22H,3H2,1-2H3,(H2,21,27,28). The molecule has 0 aliphatic heterocycles. The normalized spacial score (nSPS) is 10.9. The Hall–Kier alpha value is -7.37. The zero-order valence-corrected chi connectivity index (χ0v) is 34.5. The second kappa shape index (κ2) is 19.6. The molecule has 0 aliphatic carbocycles. The number of Topliss-reactive ketones (excluding diaryl/α,β-unsaturated/α-hetero) is 3. The van der Waals surface area contributed by atoms with Crippen molar-refractivity contribution in [3.8, 4) is 22.5 Å². The summed E-state index contributed by atoms with van der Waals surface area (Å²) < 4.78 is 25.4. The minimum Gasteiger partial charge on any atom is -0.481 e. The summed E-state index contributed by atoms with van der Waals surface area (Å²) in [5, 5.41) is 28.6. The van der Waals surface area contributed by atoms with Gasteiger partial charge in [0.1, 0.15) is 22.8 Å². The van der Waals surface area contributed by atoms with Gasteiger partial charge in [-0.05, 0) is 76.2 Å². The highest BCUT2D eigenvalue weighted by Crippen LogP contribution is 2.29. The van der Waals surface area contributed by atoms with Gasteiger partial charge >= 0.3 is 5.97 Å². The molecule has 0 saturated heterocycles. The van der Waals surface area contributed by atoms with Gasteiger partial charge in [-0.15, -0.1) is 0 Å². The van der Waals surface area contributed by atoms with Gasteiger partial charge in [0.05, 0.1) is 22.4 Å². The number of carbonyl (C=O) groups excluding carboxylic acids is 3. The molecule has 5 N–H and O–H groups in total. The fraction of sp³-hybridized carbons (Fsp3) is 0.182. The summed E-state index contributed by atoms with van der Waals surface area (Å²) in [4.78, 5) is 73.7. The van der Waals surface area contributed by atoms with E-state index < -0.39 is 27.1 Å². The van der Waals surface area contributed by atoms with Gasteiger partial charge in [0.2, 0.25) is 10.0 Å². The molecule has 4 aromatic carbocycles. The molecule has 17 heteroatoms. The third-order valence-electron chi connectivity index (χ3n) is 9.20. The number of nitrogens with two attached hydrogens (primary N) is 1. The Balaban J connectivity index is 0.000000232. The molecule has 16 nitrogen and oxygen atoms in total. The summed E-state index contributed by atoms with van der Waals surface area (Å²) in [6.45, 7) is 6.96. The Morgan fingerprint density at radius 2 is 1.02 bits per heavy atom. The third kappa shape index (κ3) is 10.8. The molecule has 61 heavy (non-hydrogen) atoms. The van der Waals surface area contributed by atoms with Crippen LogP contribution >= 0.6 is 0 Å². The van der Waals surface area contributed by atoms with Crippen LogP contribution in [0.5, 0.6) is 0 Å². The summed E-state index contributed by atoms with van der Waals surface area (Å²) in [6.07, 6.45) is -0.334. The fourth-order valence-corrected chi connectivity index (χ4v) is 6.72.